The summed E-state index contributed by atoms with van der Waals surface area (Å²) >= 11 is 0. The van der Waals surface area contributed by atoms with Gasteiger partial charge in [-0.3, -0.25) is 0 Å². The lowest BCUT2D eigenvalue weighted by molar-refractivity contribution is 0.591. The molecule has 0 heterocycles. The Hall–Kier alpha value is -2.10. The van der Waals surface area contributed by atoms with Gasteiger partial charge in [-0.25, -0.2) is 8.78 Å². The van der Waals surface area contributed by atoms with Crippen molar-refractivity contribution in [3.63, 3.8) is 0 Å². The largest absolute Gasteiger partial charge is 0.206 e. The standard InChI is InChI=1S/C13H9F2NO/c1-8-2-4-9(5-3-8)12-10(14)6-7-11(16-17)13(12)15/h2-7H,1H3. The molecule has 0 aromatic heterocycles. The molecule has 4 heteroatoms. The molecule has 2 aromatic rings. The Bertz CT molecular complexity index is 564. The van der Waals surface area contributed by atoms with Crippen molar-refractivity contribution in [3.05, 3.63) is 58.5 Å². The summed E-state index contributed by atoms with van der Waals surface area (Å²) < 4.78 is 27.4. The van der Waals surface area contributed by atoms with E-state index < -0.39 is 11.6 Å². The molecule has 0 aliphatic heterocycles. The predicted octanol–water partition coefficient (Wildman–Crippen LogP) is 4.34. The van der Waals surface area contributed by atoms with Gasteiger partial charge in [-0.2, -0.15) is 0 Å². The summed E-state index contributed by atoms with van der Waals surface area (Å²) in [4.78, 5) is 10.4. The minimum atomic E-state index is -0.927. The summed E-state index contributed by atoms with van der Waals surface area (Å²) in [5, 5.41) is 2.52. The lowest BCUT2D eigenvalue weighted by atomic mass is 10.0. The van der Waals surface area contributed by atoms with Gasteiger partial charge in [-0.15, -0.1) is 4.91 Å². The molecule has 0 N–H and O–H groups in total. The Labute approximate surface area is 96.9 Å². The average Bonchev–Trinajstić information content (AvgIpc) is 2.32. The van der Waals surface area contributed by atoms with E-state index in [1.165, 1.54) is 0 Å². The molecule has 0 spiro atoms. The smallest absolute Gasteiger partial charge is 0.163 e. The summed E-state index contributed by atoms with van der Waals surface area (Å²) in [6, 6.07) is 8.76. The van der Waals surface area contributed by atoms with Crippen molar-refractivity contribution in [1.82, 2.24) is 0 Å². The van der Waals surface area contributed by atoms with E-state index in [1.807, 2.05) is 6.92 Å². The molecule has 17 heavy (non-hydrogen) atoms. The molecule has 0 amide bonds. The van der Waals surface area contributed by atoms with Crippen molar-refractivity contribution in [3.8, 4) is 11.1 Å². The first-order valence-corrected chi connectivity index (χ1v) is 5.02. The maximum Gasteiger partial charge on any atom is 0.163 e. The van der Waals surface area contributed by atoms with E-state index in [0.717, 1.165) is 17.7 Å². The van der Waals surface area contributed by atoms with Gasteiger partial charge in [0.15, 0.2) is 5.82 Å². The van der Waals surface area contributed by atoms with Crippen LogP contribution in [0.25, 0.3) is 11.1 Å². The minimum absolute atomic E-state index is 0.220. The van der Waals surface area contributed by atoms with Crippen LogP contribution in [0.3, 0.4) is 0 Å². The second-order valence-electron chi connectivity index (χ2n) is 3.71. The number of aryl methyl sites for hydroxylation is 1. The van der Waals surface area contributed by atoms with Crippen molar-refractivity contribution < 1.29 is 8.78 Å². The van der Waals surface area contributed by atoms with Gasteiger partial charge in [0, 0.05) is 0 Å². The van der Waals surface area contributed by atoms with Crippen LogP contribution in [0.5, 0.6) is 0 Å². The van der Waals surface area contributed by atoms with Crippen LogP contribution in [0.4, 0.5) is 14.5 Å². The summed E-state index contributed by atoms with van der Waals surface area (Å²) in [7, 11) is 0. The Morgan fingerprint density at radius 3 is 2.24 bits per heavy atom. The molecular formula is C13H9F2NO. The number of halogens is 2. The topological polar surface area (TPSA) is 29.4 Å². The zero-order valence-corrected chi connectivity index (χ0v) is 9.08. The SMILES string of the molecule is Cc1ccc(-c2c(F)ccc(N=O)c2F)cc1. The Morgan fingerprint density at radius 1 is 1.00 bits per heavy atom. The number of nitroso groups, excluding NO2 is 1. The van der Waals surface area contributed by atoms with E-state index in [1.54, 1.807) is 24.3 Å². The Balaban J connectivity index is 2.65. The molecule has 0 bridgehead atoms. The van der Waals surface area contributed by atoms with Crippen molar-refractivity contribution >= 4 is 5.69 Å². The summed E-state index contributed by atoms with van der Waals surface area (Å²) in [6.07, 6.45) is 0. The first kappa shape index (κ1) is 11.4. The van der Waals surface area contributed by atoms with Crippen molar-refractivity contribution in [2.75, 3.05) is 0 Å². The summed E-state index contributed by atoms with van der Waals surface area (Å²) in [6.45, 7) is 1.87. The fraction of sp³-hybridized carbons (Fsp3) is 0.0769. The van der Waals surface area contributed by atoms with Gasteiger partial charge in [-0.1, -0.05) is 29.8 Å². The second kappa shape index (κ2) is 4.41. The zero-order valence-electron chi connectivity index (χ0n) is 9.08. The van der Waals surface area contributed by atoms with Crippen LogP contribution >= 0.6 is 0 Å². The van der Waals surface area contributed by atoms with Gasteiger partial charge < -0.3 is 0 Å². The molecule has 2 nitrogen and oxygen atoms in total. The molecule has 0 saturated carbocycles. The number of hydrogen-bond acceptors (Lipinski definition) is 2. The van der Waals surface area contributed by atoms with Gasteiger partial charge in [0.2, 0.25) is 0 Å². The fourth-order valence-corrected chi connectivity index (χ4v) is 1.60. The van der Waals surface area contributed by atoms with Gasteiger partial charge in [0.1, 0.15) is 11.5 Å². The predicted molar refractivity (Wildman–Crippen MR) is 62.0 cm³/mol. The van der Waals surface area contributed by atoms with E-state index in [0.29, 0.717) is 5.56 Å². The van der Waals surface area contributed by atoms with E-state index in [2.05, 4.69) is 5.18 Å². The lowest BCUT2D eigenvalue weighted by Gasteiger charge is -2.06. The van der Waals surface area contributed by atoms with Gasteiger partial charge in [0.25, 0.3) is 0 Å². The van der Waals surface area contributed by atoms with Crippen molar-refractivity contribution in [1.29, 1.82) is 0 Å². The third-order valence-electron chi connectivity index (χ3n) is 2.51. The lowest BCUT2D eigenvalue weighted by Crippen LogP contribution is -1.90. The fourth-order valence-electron chi connectivity index (χ4n) is 1.60. The molecular weight excluding hydrogens is 224 g/mol. The highest BCUT2D eigenvalue weighted by Gasteiger charge is 2.15. The Morgan fingerprint density at radius 2 is 1.65 bits per heavy atom. The quantitative estimate of drug-likeness (QED) is 0.709. The molecule has 0 aliphatic rings. The van der Waals surface area contributed by atoms with Crippen LogP contribution in [0, 0.1) is 23.5 Å². The summed E-state index contributed by atoms with van der Waals surface area (Å²) in [5.74, 6) is -1.64. The molecule has 0 fully saturated rings. The normalized spacial score (nSPS) is 10.3. The molecule has 0 saturated heterocycles. The second-order valence-corrected chi connectivity index (χ2v) is 3.71. The molecule has 0 radical (unpaired) electrons. The maximum absolute atomic E-state index is 13.8. The minimum Gasteiger partial charge on any atom is -0.206 e. The monoisotopic (exact) mass is 233 g/mol. The van der Waals surface area contributed by atoms with Crippen LogP contribution < -0.4 is 0 Å². The molecule has 86 valence electrons. The first-order chi connectivity index (χ1) is 8.13. The summed E-state index contributed by atoms with van der Waals surface area (Å²) in [5.41, 5.74) is 0.763. The number of rotatable bonds is 2. The average molecular weight is 233 g/mol. The van der Waals surface area contributed by atoms with E-state index in [4.69, 9.17) is 0 Å². The highest BCUT2D eigenvalue weighted by molar-refractivity contribution is 5.69. The van der Waals surface area contributed by atoms with Gasteiger partial charge in [-0.05, 0) is 29.8 Å². The molecule has 0 atom stereocenters. The molecule has 0 aliphatic carbocycles. The van der Waals surface area contributed by atoms with Crippen LogP contribution in [-0.4, -0.2) is 0 Å². The number of nitrogens with zero attached hydrogens (tertiary/aromatic N) is 1. The number of hydrogen-bond donors (Lipinski definition) is 0. The van der Waals surface area contributed by atoms with E-state index in [-0.39, 0.29) is 11.3 Å². The van der Waals surface area contributed by atoms with Crippen LogP contribution in [0.1, 0.15) is 5.56 Å². The van der Waals surface area contributed by atoms with Crippen molar-refractivity contribution in [2.45, 2.75) is 6.92 Å². The van der Waals surface area contributed by atoms with E-state index >= 15 is 0 Å². The third-order valence-corrected chi connectivity index (χ3v) is 2.51. The van der Waals surface area contributed by atoms with E-state index in [9.17, 15) is 13.7 Å². The molecule has 0 unspecified atom stereocenters. The third kappa shape index (κ3) is 2.06. The maximum atomic E-state index is 13.8. The highest BCUT2D eigenvalue weighted by Crippen LogP contribution is 2.31. The van der Waals surface area contributed by atoms with Crippen LogP contribution in [0.2, 0.25) is 0 Å². The van der Waals surface area contributed by atoms with Crippen LogP contribution in [-0.2, 0) is 0 Å². The first-order valence-electron chi connectivity index (χ1n) is 5.02. The van der Waals surface area contributed by atoms with Gasteiger partial charge >= 0.3 is 0 Å². The zero-order chi connectivity index (χ0) is 12.4. The molecule has 2 rings (SSSR count). The number of benzene rings is 2. The molecule has 2 aromatic carbocycles. The van der Waals surface area contributed by atoms with Gasteiger partial charge in [0.05, 0.1) is 5.56 Å². The van der Waals surface area contributed by atoms with Crippen molar-refractivity contribution in [2.24, 2.45) is 5.18 Å². The van der Waals surface area contributed by atoms with Crippen LogP contribution in [0.15, 0.2) is 41.6 Å². The highest BCUT2D eigenvalue weighted by atomic mass is 19.1. The Kier molecular flexibility index (Phi) is 2.95.